The largest absolute Gasteiger partial charge is 0.478 e. The van der Waals surface area contributed by atoms with Crippen LogP contribution in [0.25, 0.3) is 0 Å². The molecule has 0 unspecified atom stereocenters. The Balaban J connectivity index is 2.25. The van der Waals surface area contributed by atoms with E-state index < -0.39 is 11.4 Å². The minimum absolute atomic E-state index is 0.0550. The number of rotatable bonds is 3. The van der Waals surface area contributed by atoms with Gasteiger partial charge in [-0.15, -0.1) is 0 Å². The SMILES string of the molecule is CC1(C(=O)Nc2cc(Cl)ccc2C(=O)O)CCCC1. The van der Waals surface area contributed by atoms with Gasteiger partial charge in [0.1, 0.15) is 0 Å². The molecule has 0 bridgehead atoms. The number of hydrogen-bond acceptors (Lipinski definition) is 2. The highest BCUT2D eigenvalue weighted by molar-refractivity contribution is 6.31. The van der Waals surface area contributed by atoms with E-state index in [1.54, 1.807) is 0 Å². The molecule has 4 nitrogen and oxygen atoms in total. The van der Waals surface area contributed by atoms with E-state index in [-0.39, 0.29) is 17.2 Å². The van der Waals surface area contributed by atoms with E-state index in [9.17, 15) is 9.59 Å². The van der Waals surface area contributed by atoms with Crippen LogP contribution < -0.4 is 5.32 Å². The lowest BCUT2D eigenvalue weighted by Gasteiger charge is -2.22. The van der Waals surface area contributed by atoms with Crippen molar-refractivity contribution in [2.75, 3.05) is 5.32 Å². The van der Waals surface area contributed by atoms with Crippen LogP contribution in [0.5, 0.6) is 0 Å². The van der Waals surface area contributed by atoms with E-state index in [1.807, 2.05) is 6.92 Å². The Kier molecular flexibility index (Phi) is 3.80. The summed E-state index contributed by atoms with van der Waals surface area (Å²) in [7, 11) is 0. The zero-order valence-electron chi connectivity index (χ0n) is 10.7. The standard InChI is InChI=1S/C14H16ClNO3/c1-14(6-2-3-7-14)13(19)16-11-8-9(15)4-5-10(11)12(17)18/h4-5,8H,2-3,6-7H2,1H3,(H,16,19)(H,17,18). The van der Waals surface area contributed by atoms with E-state index >= 15 is 0 Å². The second kappa shape index (κ2) is 5.21. The molecule has 1 aromatic carbocycles. The smallest absolute Gasteiger partial charge is 0.337 e. The number of hydrogen-bond donors (Lipinski definition) is 2. The molecule has 1 aliphatic rings. The number of carbonyl (C=O) groups excluding carboxylic acids is 1. The number of nitrogens with one attached hydrogen (secondary N) is 1. The fourth-order valence-electron chi connectivity index (χ4n) is 2.46. The van der Waals surface area contributed by atoms with Crippen molar-refractivity contribution in [2.24, 2.45) is 5.41 Å². The molecule has 0 atom stereocenters. The van der Waals surface area contributed by atoms with Gasteiger partial charge >= 0.3 is 5.97 Å². The molecule has 0 aliphatic heterocycles. The maximum absolute atomic E-state index is 12.3. The molecule has 1 aliphatic carbocycles. The van der Waals surface area contributed by atoms with Crippen molar-refractivity contribution in [1.82, 2.24) is 0 Å². The van der Waals surface area contributed by atoms with Crippen LogP contribution in [0.1, 0.15) is 43.0 Å². The summed E-state index contributed by atoms with van der Waals surface area (Å²) in [6.07, 6.45) is 3.74. The van der Waals surface area contributed by atoms with E-state index in [0.717, 1.165) is 25.7 Å². The minimum Gasteiger partial charge on any atom is -0.478 e. The van der Waals surface area contributed by atoms with Crippen molar-refractivity contribution in [3.8, 4) is 0 Å². The molecule has 0 spiro atoms. The van der Waals surface area contributed by atoms with Gasteiger partial charge in [0.05, 0.1) is 11.3 Å². The molecule has 0 heterocycles. The summed E-state index contributed by atoms with van der Waals surface area (Å²) >= 11 is 5.86. The normalized spacial score (nSPS) is 17.2. The van der Waals surface area contributed by atoms with Crippen LogP contribution in [0.15, 0.2) is 18.2 Å². The Bertz CT molecular complexity index is 521. The lowest BCUT2D eigenvalue weighted by molar-refractivity contribution is -0.124. The van der Waals surface area contributed by atoms with Gasteiger partial charge in [0.15, 0.2) is 0 Å². The Morgan fingerprint density at radius 2 is 1.95 bits per heavy atom. The zero-order chi connectivity index (χ0) is 14.0. The van der Waals surface area contributed by atoms with Crippen LogP contribution >= 0.6 is 11.6 Å². The number of halogens is 1. The third kappa shape index (κ3) is 2.89. The first-order valence-electron chi connectivity index (χ1n) is 6.27. The second-order valence-corrected chi connectivity index (χ2v) is 5.65. The average Bonchev–Trinajstić information content (AvgIpc) is 2.77. The molecule has 0 saturated heterocycles. The highest BCUT2D eigenvalue weighted by Gasteiger charge is 2.36. The fraction of sp³-hybridized carbons (Fsp3) is 0.429. The van der Waals surface area contributed by atoms with Crippen molar-refractivity contribution in [2.45, 2.75) is 32.6 Å². The molecular weight excluding hydrogens is 266 g/mol. The molecule has 1 fully saturated rings. The van der Waals surface area contributed by atoms with Gasteiger partial charge in [-0.1, -0.05) is 31.4 Å². The summed E-state index contributed by atoms with van der Waals surface area (Å²) in [5.41, 5.74) is -0.0876. The quantitative estimate of drug-likeness (QED) is 0.890. The van der Waals surface area contributed by atoms with Crippen LogP contribution in [0.4, 0.5) is 5.69 Å². The minimum atomic E-state index is -1.08. The average molecular weight is 282 g/mol. The van der Waals surface area contributed by atoms with Gasteiger partial charge in [-0.3, -0.25) is 4.79 Å². The Labute approximate surface area is 116 Å². The summed E-state index contributed by atoms with van der Waals surface area (Å²) in [6, 6.07) is 4.37. The van der Waals surface area contributed by atoms with Crippen LogP contribution in [-0.2, 0) is 4.79 Å². The number of carbonyl (C=O) groups is 2. The maximum atomic E-state index is 12.3. The summed E-state index contributed by atoms with van der Waals surface area (Å²) in [5, 5.41) is 12.2. The summed E-state index contributed by atoms with van der Waals surface area (Å²) in [5.74, 6) is -1.21. The van der Waals surface area contributed by atoms with Gasteiger partial charge in [0, 0.05) is 10.4 Å². The Morgan fingerprint density at radius 3 is 2.53 bits per heavy atom. The van der Waals surface area contributed by atoms with Crippen LogP contribution in [0.2, 0.25) is 5.02 Å². The van der Waals surface area contributed by atoms with Crippen molar-refractivity contribution in [3.05, 3.63) is 28.8 Å². The molecule has 0 aromatic heterocycles. The van der Waals surface area contributed by atoms with Gasteiger partial charge in [0.25, 0.3) is 0 Å². The topological polar surface area (TPSA) is 66.4 Å². The van der Waals surface area contributed by atoms with Crippen LogP contribution in [0.3, 0.4) is 0 Å². The molecule has 1 amide bonds. The van der Waals surface area contributed by atoms with Gasteiger partial charge < -0.3 is 10.4 Å². The molecule has 1 aromatic rings. The Morgan fingerprint density at radius 1 is 1.32 bits per heavy atom. The van der Waals surface area contributed by atoms with E-state index in [2.05, 4.69) is 5.32 Å². The highest BCUT2D eigenvalue weighted by Crippen LogP contribution is 2.38. The van der Waals surface area contributed by atoms with E-state index in [4.69, 9.17) is 16.7 Å². The molecule has 1 saturated carbocycles. The predicted molar refractivity (Wildman–Crippen MR) is 73.6 cm³/mol. The maximum Gasteiger partial charge on any atom is 0.337 e. The molecule has 2 rings (SSSR count). The van der Waals surface area contributed by atoms with Gasteiger partial charge in [0.2, 0.25) is 5.91 Å². The van der Waals surface area contributed by atoms with Gasteiger partial charge in [-0.05, 0) is 31.0 Å². The summed E-state index contributed by atoms with van der Waals surface area (Å²) in [6.45, 7) is 1.92. The van der Waals surface area contributed by atoms with E-state index in [0.29, 0.717) is 5.02 Å². The van der Waals surface area contributed by atoms with Crippen LogP contribution in [-0.4, -0.2) is 17.0 Å². The third-order valence-corrected chi connectivity index (χ3v) is 3.95. The first-order chi connectivity index (χ1) is 8.92. The van der Waals surface area contributed by atoms with Crippen molar-refractivity contribution >= 4 is 29.2 Å². The number of amides is 1. The number of carboxylic acids is 1. The Hall–Kier alpha value is -1.55. The molecule has 19 heavy (non-hydrogen) atoms. The summed E-state index contributed by atoms with van der Waals surface area (Å²) in [4.78, 5) is 23.4. The highest BCUT2D eigenvalue weighted by atomic mass is 35.5. The van der Waals surface area contributed by atoms with Crippen LogP contribution in [0, 0.1) is 5.41 Å². The third-order valence-electron chi connectivity index (χ3n) is 3.72. The summed E-state index contributed by atoms with van der Waals surface area (Å²) < 4.78 is 0. The van der Waals surface area contributed by atoms with Crippen molar-refractivity contribution in [1.29, 1.82) is 0 Å². The zero-order valence-corrected chi connectivity index (χ0v) is 11.5. The number of aromatic carboxylic acids is 1. The molecule has 102 valence electrons. The van der Waals surface area contributed by atoms with Gasteiger partial charge in [-0.2, -0.15) is 0 Å². The predicted octanol–water partition coefficient (Wildman–Crippen LogP) is 3.56. The van der Waals surface area contributed by atoms with Crippen molar-refractivity contribution in [3.63, 3.8) is 0 Å². The molecular formula is C14H16ClNO3. The van der Waals surface area contributed by atoms with Gasteiger partial charge in [-0.25, -0.2) is 4.79 Å². The van der Waals surface area contributed by atoms with Crippen molar-refractivity contribution < 1.29 is 14.7 Å². The second-order valence-electron chi connectivity index (χ2n) is 5.22. The molecule has 0 radical (unpaired) electrons. The molecule has 5 heteroatoms. The number of carboxylic acid groups (broad SMARTS) is 1. The first kappa shape index (κ1) is 13.9. The fourth-order valence-corrected chi connectivity index (χ4v) is 2.63. The lowest BCUT2D eigenvalue weighted by atomic mass is 9.87. The monoisotopic (exact) mass is 281 g/mol. The van der Waals surface area contributed by atoms with E-state index in [1.165, 1.54) is 18.2 Å². The number of anilines is 1. The first-order valence-corrected chi connectivity index (χ1v) is 6.64. The number of benzene rings is 1. The molecule has 2 N–H and O–H groups in total. The lowest BCUT2D eigenvalue weighted by Crippen LogP contribution is -2.31.